The van der Waals surface area contributed by atoms with Crippen LogP contribution in [0.4, 0.5) is 11.4 Å². The van der Waals surface area contributed by atoms with Crippen LogP contribution in [-0.2, 0) is 4.79 Å². The maximum absolute atomic E-state index is 10.7. The van der Waals surface area contributed by atoms with Gasteiger partial charge in [-0.25, -0.2) is 0 Å². The minimum atomic E-state index is -0.425. The summed E-state index contributed by atoms with van der Waals surface area (Å²) in [5, 5.41) is 13.7. The van der Waals surface area contributed by atoms with E-state index in [-0.39, 0.29) is 11.6 Å². The first-order valence-electron chi connectivity index (χ1n) is 5.37. The Balaban J connectivity index is 2.41. The van der Waals surface area contributed by atoms with E-state index in [1.165, 1.54) is 6.07 Å². The highest BCUT2D eigenvalue weighted by Crippen LogP contribution is 2.22. The largest absolute Gasteiger partial charge is 0.379 e. The van der Waals surface area contributed by atoms with Gasteiger partial charge in [-0.15, -0.1) is 0 Å². The number of hydrogen-bond donors (Lipinski definition) is 2. The predicted octanol–water partition coefficient (Wildman–Crippen LogP) is 1.66. The number of nitrogens with two attached hydrogens (primary N) is 1. The highest BCUT2D eigenvalue weighted by Gasteiger charge is 2.10. The molecule has 92 valence electrons. The number of carbonyl (C=O) groups is 1. The molecular formula is C11H15N3O3. The topological polar surface area (TPSA) is 98.3 Å². The van der Waals surface area contributed by atoms with Gasteiger partial charge in [0.15, 0.2) is 0 Å². The van der Waals surface area contributed by atoms with Crippen molar-refractivity contribution < 1.29 is 9.72 Å². The molecule has 0 saturated heterocycles. The summed E-state index contributed by atoms with van der Waals surface area (Å²) in [6, 6.07) is 6.47. The van der Waals surface area contributed by atoms with Gasteiger partial charge in [0, 0.05) is 19.0 Å². The van der Waals surface area contributed by atoms with E-state index in [0.29, 0.717) is 25.1 Å². The number of unbranched alkanes of at least 4 members (excludes halogenated alkanes) is 1. The van der Waals surface area contributed by atoms with Crippen LogP contribution in [0.2, 0.25) is 0 Å². The molecular weight excluding hydrogens is 222 g/mol. The quantitative estimate of drug-likeness (QED) is 0.428. The van der Waals surface area contributed by atoms with Crippen LogP contribution in [-0.4, -0.2) is 17.4 Å². The van der Waals surface area contributed by atoms with E-state index in [4.69, 9.17) is 5.73 Å². The Labute approximate surface area is 99.0 Å². The highest BCUT2D eigenvalue weighted by atomic mass is 16.6. The van der Waals surface area contributed by atoms with Crippen molar-refractivity contribution in [1.29, 1.82) is 0 Å². The highest BCUT2D eigenvalue weighted by molar-refractivity contribution is 5.73. The molecule has 0 saturated carbocycles. The Morgan fingerprint density at radius 2 is 2.06 bits per heavy atom. The summed E-state index contributed by atoms with van der Waals surface area (Å²) in [6.07, 6.45) is 1.77. The lowest BCUT2D eigenvalue weighted by Gasteiger charge is -2.06. The number of para-hydroxylation sites is 2. The summed E-state index contributed by atoms with van der Waals surface area (Å²) >= 11 is 0. The standard InChI is InChI=1S/C11H15N3O3/c12-11(15)7-3-4-8-13-9-5-1-2-6-10(9)14(16)17/h1-2,5-6,13H,3-4,7-8H2,(H2,12,15). The number of amides is 1. The molecule has 17 heavy (non-hydrogen) atoms. The average Bonchev–Trinajstić information content (AvgIpc) is 2.28. The first kappa shape index (κ1) is 13.0. The summed E-state index contributed by atoms with van der Waals surface area (Å²) in [4.78, 5) is 20.8. The maximum Gasteiger partial charge on any atom is 0.292 e. The molecule has 6 heteroatoms. The van der Waals surface area contributed by atoms with Gasteiger partial charge in [-0.2, -0.15) is 0 Å². The van der Waals surface area contributed by atoms with Crippen molar-refractivity contribution in [2.24, 2.45) is 5.73 Å². The molecule has 0 aromatic heterocycles. The molecule has 1 aromatic carbocycles. The number of nitrogens with one attached hydrogen (secondary N) is 1. The minimum absolute atomic E-state index is 0.0578. The number of benzene rings is 1. The summed E-state index contributed by atoms with van der Waals surface area (Å²) in [6.45, 7) is 0.581. The normalized spacial score (nSPS) is 9.88. The molecule has 0 aliphatic carbocycles. The van der Waals surface area contributed by atoms with E-state index in [1.54, 1.807) is 18.2 Å². The van der Waals surface area contributed by atoms with Crippen LogP contribution in [0.25, 0.3) is 0 Å². The third-order valence-electron chi connectivity index (χ3n) is 2.27. The molecule has 0 aliphatic rings. The third kappa shape index (κ3) is 4.50. The number of rotatable bonds is 7. The number of anilines is 1. The second kappa shape index (κ2) is 6.47. The molecule has 1 rings (SSSR count). The zero-order valence-electron chi connectivity index (χ0n) is 9.39. The summed E-state index contributed by atoms with van der Waals surface area (Å²) < 4.78 is 0. The van der Waals surface area contributed by atoms with Crippen LogP contribution in [0.3, 0.4) is 0 Å². The van der Waals surface area contributed by atoms with Gasteiger partial charge in [-0.1, -0.05) is 12.1 Å². The van der Waals surface area contributed by atoms with Crippen LogP contribution in [0.15, 0.2) is 24.3 Å². The Morgan fingerprint density at radius 1 is 1.35 bits per heavy atom. The molecule has 0 spiro atoms. The van der Waals surface area contributed by atoms with Crippen LogP contribution in [0.1, 0.15) is 19.3 Å². The number of hydrogen-bond acceptors (Lipinski definition) is 4. The van der Waals surface area contributed by atoms with Crippen LogP contribution in [0, 0.1) is 10.1 Å². The first-order chi connectivity index (χ1) is 8.11. The second-order valence-electron chi connectivity index (χ2n) is 3.62. The molecule has 0 heterocycles. The van der Waals surface area contributed by atoms with Crippen molar-refractivity contribution in [1.82, 2.24) is 0 Å². The molecule has 1 amide bonds. The fourth-order valence-corrected chi connectivity index (χ4v) is 1.43. The number of nitrogens with zero attached hydrogens (tertiary/aromatic N) is 1. The van der Waals surface area contributed by atoms with E-state index in [0.717, 1.165) is 6.42 Å². The third-order valence-corrected chi connectivity index (χ3v) is 2.27. The van der Waals surface area contributed by atoms with Crippen molar-refractivity contribution >= 4 is 17.3 Å². The summed E-state index contributed by atoms with van der Waals surface area (Å²) in [7, 11) is 0. The van der Waals surface area contributed by atoms with Gasteiger partial charge >= 0.3 is 0 Å². The fraction of sp³-hybridized carbons (Fsp3) is 0.364. The van der Waals surface area contributed by atoms with Crippen LogP contribution < -0.4 is 11.1 Å². The lowest BCUT2D eigenvalue weighted by Crippen LogP contribution is -2.11. The zero-order chi connectivity index (χ0) is 12.7. The fourth-order valence-electron chi connectivity index (χ4n) is 1.43. The zero-order valence-corrected chi connectivity index (χ0v) is 9.39. The van der Waals surface area contributed by atoms with E-state index in [1.807, 2.05) is 0 Å². The van der Waals surface area contributed by atoms with Crippen molar-refractivity contribution in [3.8, 4) is 0 Å². The molecule has 3 N–H and O–H groups in total. The molecule has 0 aliphatic heterocycles. The van der Waals surface area contributed by atoms with Crippen molar-refractivity contribution in [2.45, 2.75) is 19.3 Å². The van der Waals surface area contributed by atoms with Crippen LogP contribution >= 0.6 is 0 Å². The number of nitro groups is 1. The van der Waals surface area contributed by atoms with Gasteiger partial charge in [0.25, 0.3) is 5.69 Å². The molecule has 0 bridgehead atoms. The lowest BCUT2D eigenvalue weighted by atomic mass is 10.2. The SMILES string of the molecule is NC(=O)CCCCNc1ccccc1[N+](=O)[O-]. The van der Waals surface area contributed by atoms with Crippen molar-refractivity contribution in [3.63, 3.8) is 0 Å². The van der Waals surface area contributed by atoms with E-state index < -0.39 is 4.92 Å². The average molecular weight is 237 g/mol. The smallest absolute Gasteiger partial charge is 0.292 e. The van der Waals surface area contributed by atoms with Crippen molar-refractivity contribution in [2.75, 3.05) is 11.9 Å². The van der Waals surface area contributed by atoms with Crippen molar-refractivity contribution in [3.05, 3.63) is 34.4 Å². The monoisotopic (exact) mass is 237 g/mol. The number of nitro benzene ring substituents is 1. The molecule has 0 unspecified atom stereocenters. The van der Waals surface area contributed by atoms with Gasteiger partial charge < -0.3 is 11.1 Å². The Kier molecular flexibility index (Phi) is 4.93. The first-order valence-corrected chi connectivity index (χ1v) is 5.37. The van der Waals surface area contributed by atoms with Gasteiger partial charge in [0.2, 0.25) is 5.91 Å². The van der Waals surface area contributed by atoms with E-state index >= 15 is 0 Å². The summed E-state index contributed by atoms with van der Waals surface area (Å²) in [5.41, 5.74) is 5.56. The number of primary amides is 1. The Hall–Kier alpha value is -2.11. The Bertz CT molecular complexity index is 407. The lowest BCUT2D eigenvalue weighted by molar-refractivity contribution is -0.384. The van der Waals surface area contributed by atoms with Crippen LogP contribution in [0.5, 0.6) is 0 Å². The molecule has 0 radical (unpaired) electrons. The van der Waals surface area contributed by atoms with Gasteiger partial charge in [0.05, 0.1) is 4.92 Å². The molecule has 1 aromatic rings. The number of carbonyl (C=O) groups excluding carboxylic acids is 1. The second-order valence-corrected chi connectivity index (χ2v) is 3.62. The molecule has 0 fully saturated rings. The molecule has 6 nitrogen and oxygen atoms in total. The van der Waals surface area contributed by atoms with E-state index in [9.17, 15) is 14.9 Å². The molecule has 0 atom stereocenters. The van der Waals surface area contributed by atoms with Gasteiger partial charge in [0.1, 0.15) is 5.69 Å². The summed E-state index contributed by atoms with van der Waals surface area (Å²) in [5.74, 6) is -0.323. The maximum atomic E-state index is 10.7. The minimum Gasteiger partial charge on any atom is -0.379 e. The van der Waals surface area contributed by atoms with Gasteiger partial charge in [-0.3, -0.25) is 14.9 Å². The van der Waals surface area contributed by atoms with E-state index in [2.05, 4.69) is 5.32 Å². The Morgan fingerprint density at radius 3 is 2.71 bits per heavy atom. The van der Waals surface area contributed by atoms with Gasteiger partial charge in [-0.05, 0) is 18.9 Å². The predicted molar refractivity (Wildman–Crippen MR) is 64.6 cm³/mol.